The number of benzene rings is 1. The molecule has 0 aliphatic carbocycles. The molecule has 0 fully saturated rings. The van der Waals surface area contributed by atoms with Crippen LogP contribution in [0.15, 0.2) is 24.4 Å². The smallest absolute Gasteiger partial charge is 0.0492 e. The largest absolute Gasteiger partial charge is 0.310 e. The van der Waals surface area contributed by atoms with Gasteiger partial charge < -0.3 is 5.32 Å². The Bertz CT molecular complexity index is 584. The number of aromatic nitrogens is 2. The van der Waals surface area contributed by atoms with E-state index in [9.17, 15) is 0 Å². The minimum absolute atomic E-state index is 0.377. The molecule has 1 unspecified atom stereocenters. The Balaban J connectivity index is 1.97. The van der Waals surface area contributed by atoms with Crippen LogP contribution in [0.2, 0.25) is 0 Å². The normalized spacial score (nSPS) is 12.7. The van der Waals surface area contributed by atoms with E-state index in [-0.39, 0.29) is 0 Å². The van der Waals surface area contributed by atoms with Crippen molar-refractivity contribution in [3.05, 3.63) is 52.3 Å². The number of aryl methyl sites for hydroxylation is 4. The molecule has 0 aliphatic rings. The SMILES string of the molecule is Cc1cc(C)c(C(C)NCCc2ccnn2C)cc1C. The standard InChI is InChI=1S/C17H25N3/c1-12-10-14(3)17(11-13(12)2)15(4)18-8-6-16-7-9-19-20(16)5/h7,9-11,15,18H,6,8H2,1-5H3. The molecule has 1 aromatic carbocycles. The van der Waals surface area contributed by atoms with Crippen molar-refractivity contribution in [2.75, 3.05) is 6.54 Å². The van der Waals surface area contributed by atoms with Crippen molar-refractivity contribution in [2.24, 2.45) is 7.05 Å². The van der Waals surface area contributed by atoms with Crippen LogP contribution in [0.4, 0.5) is 0 Å². The van der Waals surface area contributed by atoms with Gasteiger partial charge in [-0.2, -0.15) is 5.10 Å². The van der Waals surface area contributed by atoms with Crippen LogP contribution >= 0.6 is 0 Å². The summed E-state index contributed by atoms with van der Waals surface area (Å²) in [6, 6.07) is 7.05. The van der Waals surface area contributed by atoms with Crippen molar-refractivity contribution in [3.8, 4) is 0 Å². The quantitative estimate of drug-likeness (QED) is 0.904. The highest BCUT2D eigenvalue weighted by atomic mass is 15.3. The summed E-state index contributed by atoms with van der Waals surface area (Å²) in [5.74, 6) is 0. The Hall–Kier alpha value is -1.61. The van der Waals surface area contributed by atoms with E-state index in [0.717, 1.165) is 13.0 Å². The van der Waals surface area contributed by atoms with Gasteiger partial charge in [-0.3, -0.25) is 4.68 Å². The maximum atomic E-state index is 4.20. The monoisotopic (exact) mass is 271 g/mol. The average molecular weight is 271 g/mol. The molecule has 0 amide bonds. The summed E-state index contributed by atoms with van der Waals surface area (Å²) >= 11 is 0. The molecule has 1 N–H and O–H groups in total. The lowest BCUT2D eigenvalue weighted by Gasteiger charge is -2.18. The van der Waals surface area contributed by atoms with Gasteiger partial charge in [0.05, 0.1) is 0 Å². The summed E-state index contributed by atoms with van der Waals surface area (Å²) in [4.78, 5) is 0. The van der Waals surface area contributed by atoms with Gasteiger partial charge in [-0.1, -0.05) is 12.1 Å². The van der Waals surface area contributed by atoms with Crippen molar-refractivity contribution < 1.29 is 0 Å². The van der Waals surface area contributed by atoms with Crippen LogP contribution in [0.25, 0.3) is 0 Å². The van der Waals surface area contributed by atoms with Crippen molar-refractivity contribution >= 4 is 0 Å². The second-order valence-electron chi connectivity index (χ2n) is 5.67. The molecule has 0 radical (unpaired) electrons. The number of rotatable bonds is 5. The molecule has 1 heterocycles. The second-order valence-corrected chi connectivity index (χ2v) is 5.67. The van der Waals surface area contributed by atoms with Gasteiger partial charge in [0, 0.05) is 37.9 Å². The number of hydrogen-bond acceptors (Lipinski definition) is 2. The Morgan fingerprint density at radius 1 is 1.15 bits per heavy atom. The van der Waals surface area contributed by atoms with Gasteiger partial charge in [-0.25, -0.2) is 0 Å². The van der Waals surface area contributed by atoms with Crippen LogP contribution in [-0.2, 0) is 13.5 Å². The van der Waals surface area contributed by atoms with Gasteiger partial charge in [0.1, 0.15) is 0 Å². The van der Waals surface area contributed by atoms with Crippen molar-refractivity contribution in [2.45, 2.75) is 40.2 Å². The topological polar surface area (TPSA) is 29.9 Å². The number of hydrogen-bond donors (Lipinski definition) is 1. The van der Waals surface area contributed by atoms with E-state index in [2.05, 4.69) is 56.3 Å². The summed E-state index contributed by atoms with van der Waals surface area (Å²) < 4.78 is 1.94. The van der Waals surface area contributed by atoms with E-state index in [0.29, 0.717) is 6.04 Å². The van der Waals surface area contributed by atoms with E-state index in [4.69, 9.17) is 0 Å². The Labute approximate surface area is 122 Å². The predicted octanol–water partition coefficient (Wildman–Crippen LogP) is 3.24. The molecule has 0 saturated carbocycles. The first-order chi connectivity index (χ1) is 9.49. The fourth-order valence-corrected chi connectivity index (χ4v) is 2.62. The molecule has 0 spiro atoms. The lowest BCUT2D eigenvalue weighted by molar-refractivity contribution is 0.561. The molecule has 3 heteroatoms. The van der Waals surface area contributed by atoms with Crippen molar-refractivity contribution in [3.63, 3.8) is 0 Å². The first-order valence-corrected chi connectivity index (χ1v) is 7.27. The fraction of sp³-hybridized carbons (Fsp3) is 0.471. The van der Waals surface area contributed by atoms with E-state index in [1.54, 1.807) is 0 Å². The summed E-state index contributed by atoms with van der Waals surface area (Å²) in [5.41, 5.74) is 6.77. The van der Waals surface area contributed by atoms with Crippen molar-refractivity contribution in [1.29, 1.82) is 0 Å². The number of nitrogens with one attached hydrogen (secondary N) is 1. The Morgan fingerprint density at radius 3 is 2.50 bits per heavy atom. The van der Waals surface area contributed by atoms with E-state index < -0.39 is 0 Å². The molecule has 0 bridgehead atoms. The fourth-order valence-electron chi connectivity index (χ4n) is 2.62. The molecule has 20 heavy (non-hydrogen) atoms. The molecule has 108 valence electrons. The van der Waals surface area contributed by atoms with Crippen LogP contribution in [0.1, 0.15) is 40.9 Å². The van der Waals surface area contributed by atoms with Gasteiger partial charge in [0.2, 0.25) is 0 Å². The van der Waals surface area contributed by atoms with Crippen molar-refractivity contribution in [1.82, 2.24) is 15.1 Å². The summed E-state index contributed by atoms with van der Waals surface area (Å²) in [6.07, 6.45) is 2.86. The molecule has 0 saturated heterocycles. The van der Waals surface area contributed by atoms with E-state index in [1.807, 2.05) is 17.9 Å². The maximum Gasteiger partial charge on any atom is 0.0492 e. The molecular formula is C17H25N3. The third-order valence-corrected chi connectivity index (χ3v) is 4.10. The Morgan fingerprint density at radius 2 is 1.85 bits per heavy atom. The van der Waals surface area contributed by atoms with Gasteiger partial charge in [0.25, 0.3) is 0 Å². The van der Waals surface area contributed by atoms with Gasteiger partial charge >= 0.3 is 0 Å². The minimum Gasteiger partial charge on any atom is -0.310 e. The van der Waals surface area contributed by atoms with Gasteiger partial charge in [-0.05, 0) is 56.0 Å². The summed E-state index contributed by atoms with van der Waals surface area (Å²) in [5, 5.41) is 7.81. The highest BCUT2D eigenvalue weighted by Gasteiger charge is 2.09. The van der Waals surface area contributed by atoms with Crippen LogP contribution in [0.3, 0.4) is 0 Å². The maximum absolute atomic E-state index is 4.20. The zero-order valence-electron chi connectivity index (χ0n) is 13.2. The Kier molecular flexibility index (Phi) is 4.61. The zero-order valence-corrected chi connectivity index (χ0v) is 13.2. The molecule has 2 rings (SSSR count). The van der Waals surface area contributed by atoms with Gasteiger partial charge in [-0.15, -0.1) is 0 Å². The van der Waals surface area contributed by atoms with E-state index >= 15 is 0 Å². The average Bonchev–Trinajstić information content (AvgIpc) is 2.79. The summed E-state index contributed by atoms with van der Waals surface area (Å²) in [7, 11) is 1.99. The first-order valence-electron chi connectivity index (χ1n) is 7.27. The zero-order chi connectivity index (χ0) is 14.7. The molecular weight excluding hydrogens is 246 g/mol. The second kappa shape index (κ2) is 6.23. The van der Waals surface area contributed by atoms with Gasteiger partial charge in [0.15, 0.2) is 0 Å². The van der Waals surface area contributed by atoms with Crippen LogP contribution in [-0.4, -0.2) is 16.3 Å². The summed E-state index contributed by atoms with van der Waals surface area (Å²) in [6.45, 7) is 9.75. The molecule has 0 aliphatic heterocycles. The lowest BCUT2D eigenvalue weighted by atomic mass is 9.96. The van der Waals surface area contributed by atoms with Crippen LogP contribution in [0.5, 0.6) is 0 Å². The van der Waals surface area contributed by atoms with Crippen LogP contribution < -0.4 is 5.32 Å². The molecule has 1 atom stereocenters. The number of nitrogens with zero attached hydrogens (tertiary/aromatic N) is 2. The third-order valence-electron chi connectivity index (χ3n) is 4.10. The molecule has 3 nitrogen and oxygen atoms in total. The lowest BCUT2D eigenvalue weighted by Crippen LogP contribution is -2.23. The highest BCUT2D eigenvalue weighted by molar-refractivity contribution is 5.38. The predicted molar refractivity (Wildman–Crippen MR) is 84.0 cm³/mol. The molecule has 1 aromatic heterocycles. The van der Waals surface area contributed by atoms with E-state index in [1.165, 1.54) is 27.9 Å². The first kappa shape index (κ1) is 14.8. The third kappa shape index (κ3) is 3.28. The molecule has 2 aromatic rings. The minimum atomic E-state index is 0.377. The van der Waals surface area contributed by atoms with Crippen LogP contribution in [0, 0.1) is 20.8 Å². The highest BCUT2D eigenvalue weighted by Crippen LogP contribution is 2.21.